The lowest BCUT2D eigenvalue weighted by Gasteiger charge is -2.28. The van der Waals surface area contributed by atoms with Crippen LogP contribution in [0.2, 0.25) is 0 Å². The van der Waals surface area contributed by atoms with Gasteiger partial charge in [0.1, 0.15) is 0 Å². The first-order valence-electron chi connectivity index (χ1n) is 40.3. The second-order valence-electron chi connectivity index (χ2n) is 34.2. The van der Waals surface area contributed by atoms with Gasteiger partial charge in [-0.05, 0) is 273 Å². The molecule has 9 N–H and O–H groups in total. The molecular weight excluding hydrogens is 1700 g/mol. The number of amides is 6. The van der Waals surface area contributed by atoms with Crippen molar-refractivity contribution in [1.82, 2.24) is 45.1 Å². The molecule has 120 heavy (non-hydrogen) atoms. The summed E-state index contributed by atoms with van der Waals surface area (Å²) >= 11 is 8.76. The van der Waals surface area contributed by atoms with E-state index in [2.05, 4.69) is 72.8 Å². The van der Waals surface area contributed by atoms with Crippen molar-refractivity contribution in [3.8, 4) is 31.3 Å². The van der Waals surface area contributed by atoms with Crippen LogP contribution in [0, 0.1) is 0 Å². The number of thiazole rings is 3. The van der Waals surface area contributed by atoms with Crippen molar-refractivity contribution in [3.05, 3.63) is 88.2 Å². The molecule has 3 aliphatic carbocycles. The molecule has 0 atom stereocenters. The summed E-state index contributed by atoms with van der Waals surface area (Å²) in [5.41, 5.74) is 0.330. The molecule has 6 amide bonds. The fourth-order valence-electron chi connectivity index (χ4n) is 13.0. The summed E-state index contributed by atoms with van der Waals surface area (Å²) in [6.07, 6.45) is 10.6. The topological polar surface area (TPSA) is 407 Å². The first-order chi connectivity index (χ1) is 55.8. The van der Waals surface area contributed by atoms with E-state index >= 15 is 0 Å². The average Bonchev–Trinajstić information content (AvgIpc) is 1.69. The van der Waals surface area contributed by atoms with Crippen LogP contribution in [0.25, 0.3) is 31.3 Å². The number of nitrogens with zero attached hydrogens (tertiary/aromatic N) is 3. The lowest BCUT2D eigenvalue weighted by molar-refractivity contribution is 0.108. The summed E-state index contributed by atoms with van der Waals surface area (Å²) in [6.45, 7) is 39.1. The number of benzene rings is 3. The molecule has 3 aromatic carbocycles. The first kappa shape index (κ1) is 101. The molecule has 3 heterocycles. The first-order valence-corrected chi connectivity index (χ1v) is 49.5. The number of sulfonamides is 3. The maximum atomic E-state index is 13.4. The molecule has 0 bridgehead atoms. The van der Waals surface area contributed by atoms with Crippen LogP contribution < -0.4 is 46.1 Å². The number of aromatic nitrogens is 3. The Labute approximate surface area is 727 Å². The van der Waals surface area contributed by atoms with Gasteiger partial charge in [-0.15, -0.1) is 34.0 Å². The van der Waals surface area contributed by atoms with E-state index in [9.17, 15) is 54.0 Å². The third-order valence-electron chi connectivity index (χ3n) is 17.5. The Bertz CT molecular complexity index is 4310. The molecule has 6 aromatic rings. The number of anilines is 3. The third-order valence-corrected chi connectivity index (χ3v) is 26.5. The van der Waals surface area contributed by atoms with E-state index in [-0.39, 0.29) is 87.2 Å². The predicted octanol–water partition coefficient (Wildman–Crippen LogP) is 19.0. The SMILES string of the molecule is CC(C)OC(=O)Nc1ccc(-c2cnc(C3CCC(NC(=O)OC(C)C)CC3)s2)c(S(=O)(=O)NC(C)(C)C)c1.CC(C)OC(=O)Nc1ccc(-c2cnc(C3CCC(NC(=O)OC(C)C)CC3)s2)c(S(=O)(=O)NC(C)(C)C)c1.CC(C)OC(=O)Nc1ccc(-c2cnc(C3CCC(NC(=O)OC(C)C)CC3)s2)c(S(=O)(=O)NC(C)(C)C)c1.CP=S. The van der Waals surface area contributed by atoms with Gasteiger partial charge in [0.05, 0.1) is 81.0 Å². The third kappa shape index (κ3) is 34.3. The molecule has 0 spiro atoms. The van der Waals surface area contributed by atoms with Crippen molar-refractivity contribution in [3.63, 3.8) is 0 Å². The summed E-state index contributed by atoms with van der Waals surface area (Å²) in [7, 11) is -10.8. The molecule has 3 saturated carbocycles. The van der Waals surface area contributed by atoms with E-state index in [1.54, 1.807) is 159 Å². The number of carbonyl (C=O) groups excluding carboxylic acids is 6. The molecule has 0 aliphatic heterocycles. The number of rotatable bonds is 24. The monoisotopic (exact) mass is 1820 g/mol. The van der Waals surface area contributed by atoms with Crippen molar-refractivity contribution < 1.29 is 82.4 Å². The fourth-order valence-corrected chi connectivity index (χ4v) is 21.6. The number of nitrogens with one attached hydrogen (secondary N) is 9. The van der Waals surface area contributed by atoms with Gasteiger partial charge in [-0.25, -0.2) is 83.1 Å². The average molecular weight is 1820 g/mol. The van der Waals surface area contributed by atoms with Crippen molar-refractivity contribution in [2.45, 2.75) is 326 Å². The van der Waals surface area contributed by atoms with Crippen LogP contribution >= 0.6 is 41.4 Å². The molecule has 3 fully saturated rings. The highest BCUT2D eigenvalue weighted by molar-refractivity contribution is 7.96. The van der Waals surface area contributed by atoms with Crippen molar-refractivity contribution in [2.75, 3.05) is 22.6 Å². The van der Waals surface area contributed by atoms with E-state index in [4.69, 9.17) is 28.4 Å². The standard InChI is InChI=1S/3C27H40N4O6S2.CH3PS/c3*1-16(2)36-25(32)29-19-10-8-18(9-11-19)24-28-15-22(38-24)21-13-12-20(30-26(33)37-17(3)4)14-23(21)39(34,35)31-27(5,6)7;1-2-3/h3*12-19,31H,8-11H2,1-7H3,(H,29,32)(H,30,33);1H3. The normalized spacial score (nSPS) is 17.9. The molecule has 3 aromatic heterocycles. The quantitative estimate of drug-likeness (QED) is 0.0201. The highest BCUT2D eigenvalue weighted by Crippen LogP contribution is 2.44. The predicted molar refractivity (Wildman–Crippen MR) is 478 cm³/mol. The largest absolute Gasteiger partial charge is 0.447 e. The Morgan fingerprint density at radius 2 is 0.567 bits per heavy atom. The van der Waals surface area contributed by atoms with Gasteiger partial charge in [0.25, 0.3) is 0 Å². The van der Waals surface area contributed by atoms with Gasteiger partial charge in [-0.2, -0.15) is 0 Å². The van der Waals surface area contributed by atoms with Crippen molar-refractivity contribution in [2.24, 2.45) is 0 Å². The Hall–Kier alpha value is -7.58. The molecule has 38 heteroatoms. The van der Waals surface area contributed by atoms with Crippen molar-refractivity contribution >= 4 is 137 Å². The zero-order valence-corrected chi connectivity index (χ0v) is 79.4. The van der Waals surface area contributed by atoms with Crippen molar-refractivity contribution in [1.29, 1.82) is 0 Å². The van der Waals surface area contributed by atoms with Gasteiger partial charge in [0, 0.05) is 105 Å². The van der Waals surface area contributed by atoms with Crippen LogP contribution in [-0.2, 0) is 70.3 Å². The molecule has 0 unspecified atom stereocenters. The molecular formula is C82H123N12O18PS7. The number of carbonyl (C=O) groups is 6. The highest BCUT2D eigenvalue weighted by atomic mass is 32.4. The zero-order chi connectivity index (χ0) is 89.6. The van der Waals surface area contributed by atoms with Gasteiger partial charge in [-0.3, -0.25) is 16.0 Å². The second-order valence-corrected chi connectivity index (χ2v) is 43.8. The maximum Gasteiger partial charge on any atom is 0.411 e. The lowest BCUT2D eigenvalue weighted by atomic mass is 9.86. The lowest BCUT2D eigenvalue weighted by Crippen LogP contribution is -2.40. The number of hydrogen-bond acceptors (Lipinski definition) is 25. The summed E-state index contributed by atoms with van der Waals surface area (Å²) in [4.78, 5) is 88.5. The van der Waals surface area contributed by atoms with Gasteiger partial charge in [0.2, 0.25) is 30.1 Å². The van der Waals surface area contributed by atoms with E-state index in [0.29, 0.717) is 33.8 Å². The Kier molecular flexibility index (Phi) is 38.1. The summed E-state index contributed by atoms with van der Waals surface area (Å²) in [5.74, 6) is 0.673. The maximum absolute atomic E-state index is 13.4. The van der Waals surface area contributed by atoms with E-state index in [1.165, 1.54) is 52.2 Å². The van der Waals surface area contributed by atoms with Crippen LogP contribution in [0.15, 0.2) is 87.9 Å². The summed E-state index contributed by atoms with van der Waals surface area (Å²) < 4.78 is 120. The van der Waals surface area contributed by atoms with Crippen LogP contribution in [0.4, 0.5) is 45.8 Å². The second kappa shape index (κ2) is 45.2. The van der Waals surface area contributed by atoms with E-state index in [0.717, 1.165) is 114 Å². The Morgan fingerprint density at radius 1 is 0.367 bits per heavy atom. The minimum Gasteiger partial charge on any atom is -0.447 e. The van der Waals surface area contributed by atoms with Crippen LogP contribution in [0.1, 0.15) is 255 Å². The summed E-state index contributed by atoms with van der Waals surface area (Å²) in [5, 5.41) is 19.4. The summed E-state index contributed by atoms with van der Waals surface area (Å²) in [6, 6.07) is 14.5. The van der Waals surface area contributed by atoms with Crippen LogP contribution in [-0.4, -0.2) is 155 Å². The smallest absolute Gasteiger partial charge is 0.411 e. The Balaban J connectivity index is 0.000000274. The molecule has 3 aliphatic rings. The van der Waals surface area contributed by atoms with Crippen LogP contribution in [0.3, 0.4) is 0 Å². The number of alkyl carbamates (subject to hydrolysis) is 3. The van der Waals surface area contributed by atoms with Crippen LogP contribution in [0.5, 0.6) is 0 Å². The molecule has 0 radical (unpaired) electrons. The van der Waals surface area contributed by atoms with E-state index in [1.807, 2.05) is 48.2 Å². The minimum atomic E-state index is -3.94. The molecule has 666 valence electrons. The fraction of sp³-hybridized carbons (Fsp3) is 0.598. The minimum absolute atomic E-state index is 0.0477. The van der Waals surface area contributed by atoms with Gasteiger partial charge in [0.15, 0.2) is 0 Å². The number of hydrogen-bond donors (Lipinski definition) is 9. The number of ether oxygens (including phenoxy) is 6. The highest BCUT2D eigenvalue weighted by Gasteiger charge is 2.35. The molecule has 9 rings (SSSR count). The molecule has 30 nitrogen and oxygen atoms in total. The van der Waals surface area contributed by atoms with Gasteiger partial charge >= 0.3 is 36.6 Å². The Morgan fingerprint density at radius 3 is 0.758 bits per heavy atom. The molecule has 0 saturated heterocycles. The zero-order valence-electron chi connectivity index (χ0n) is 72.8. The van der Waals surface area contributed by atoms with E-state index < -0.39 is 83.2 Å². The van der Waals surface area contributed by atoms with Gasteiger partial charge < -0.3 is 44.4 Å². The van der Waals surface area contributed by atoms with Gasteiger partial charge in [-0.1, -0.05) is 30.0 Å².